The second-order valence-electron chi connectivity index (χ2n) is 7.61. The van der Waals surface area contributed by atoms with Crippen LogP contribution >= 0.6 is 0 Å². The quantitative estimate of drug-likeness (QED) is 0.759. The number of hydrogen-bond acceptors (Lipinski definition) is 1. The molecule has 0 aliphatic heterocycles. The van der Waals surface area contributed by atoms with Crippen LogP contribution in [0.3, 0.4) is 0 Å². The summed E-state index contributed by atoms with van der Waals surface area (Å²) in [5.74, 6) is 1.88. The van der Waals surface area contributed by atoms with Crippen LogP contribution in [0, 0.1) is 17.3 Å². The molecule has 0 spiro atoms. The summed E-state index contributed by atoms with van der Waals surface area (Å²) < 4.78 is 0. The molecule has 2 fully saturated rings. The van der Waals surface area contributed by atoms with Crippen LogP contribution in [0.5, 0.6) is 0 Å². The minimum absolute atomic E-state index is 0.604. The van der Waals surface area contributed by atoms with Gasteiger partial charge in [-0.15, -0.1) is 0 Å². The summed E-state index contributed by atoms with van der Waals surface area (Å²) in [4.78, 5) is 0. The van der Waals surface area contributed by atoms with Crippen molar-refractivity contribution in [2.24, 2.45) is 17.3 Å². The fraction of sp³-hybridized carbons (Fsp3) is 1.00. The van der Waals surface area contributed by atoms with Gasteiger partial charge in [-0.25, -0.2) is 0 Å². The summed E-state index contributed by atoms with van der Waals surface area (Å²) in [7, 11) is 0. The molecule has 18 heavy (non-hydrogen) atoms. The van der Waals surface area contributed by atoms with E-state index in [2.05, 4.69) is 26.1 Å². The fourth-order valence-electron chi connectivity index (χ4n) is 3.96. The van der Waals surface area contributed by atoms with Gasteiger partial charge in [-0.1, -0.05) is 40.0 Å². The Labute approximate surface area is 114 Å². The number of nitrogens with one attached hydrogen (secondary N) is 1. The predicted octanol–water partition coefficient (Wildman–Crippen LogP) is 4.76. The molecule has 0 heterocycles. The molecule has 1 heteroatoms. The van der Waals surface area contributed by atoms with Gasteiger partial charge in [0, 0.05) is 12.6 Å². The zero-order chi connectivity index (χ0) is 13.0. The van der Waals surface area contributed by atoms with E-state index in [1.54, 1.807) is 0 Å². The standard InChI is InChI=1S/C17H33N/c1-14(2)15-7-9-16(10-8-15)18-13-17(3)11-5-4-6-12-17/h14-16,18H,4-13H2,1-3H3. The fourth-order valence-corrected chi connectivity index (χ4v) is 3.96. The van der Waals surface area contributed by atoms with Crippen LogP contribution in [0.25, 0.3) is 0 Å². The van der Waals surface area contributed by atoms with Crippen LogP contribution in [-0.2, 0) is 0 Å². The van der Waals surface area contributed by atoms with Gasteiger partial charge in [0.25, 0.3) is 0 Å². The summed E-state index contributed by atoms with van der Waals surface area (Å²) in [6.45, 7) is 8.55. The zero-order valence-electron chi connectivity index (χ0n) is 12.8. The van der Waals surface area contributed by atoms with E-state index in [9.17, 15) is 0 Å². The molecule has 0 aromatic heterocycles. The third-order valence-corrected chi connectivity index (χ3v) is 5.59. The van der Waals surface area contributed by atoms with Gasteiger partial charge in [-0.3, -0.25) is 0 Å². The summed E-state index contributed by atoms with van der Waals surface area (Å²) in [6, 6.07) is 0.818. The summed E-state index contributed by atoms with van der Waals surface area (Å²) >= 11 is 0. The molecule has 0 saturated heterocycles. The van der Waals surface area contributed by atoms with E-state index < -0.39 is 0 Å². The lowest BCUT2D eigenvalue weighted by molar-refractivity contribution is 0.178. The van der Waals surface area contributed by atoms with Gasteiger partial charge in [0.1, 0.15) is 0 Å². The predicted molar refractivity (Wildman–Crippen MR) is 79.8 cm³/mol. The van der Waals surface area contributed by atoms with Crippen LogP contribution in [0.15, 0.2) is 0 Å². The molecule has 2 rings (SSSR count). The van der Waals surface area contributed by atoms with Gasteiger partial charge in [-0.05, 0) is 55.8 Å². The lowest BCUT2D eigenvalue weighted by Gasteiger charge is -2.37. The van der Waals surface area contributed by atoms with Crippen LogP contribution in [-0.4, -0.2) is 12.6 Å². The maximum atomic E-state index is 3.89. The molecule has 2 saturated carbocycles. The maximum absolute atomic E-state index is 3.89. The SMILES string of the molecule is CC(C)C1CCC(NCC2(C)CCCCC2)CC1. The molecule has 0 bridgehead atoms. The Kier molecular flexibility index (Phi) is 5.12. The molecule has 2 aliphatic rings. The Hall–Kier alpha value is -0.0400. The van der Waals surface area contributed by atoms with Crippen LogP contribution in [0.4, 0.5) is 0 Å². The van der Waals surface area contributed by atoms with E-state index in [1.165, 1.54) is 64.3 Å². The normalized spacial score (nSPS) is 32.7. The highest BCUT2D eigenvalue weighted by molar-refractivity contribution is 4.84. The first-order valence-corrected chi connectivity index (χ1v) is 8.32. The monoisotopic (exact) mass is 251 g/mol. The zero-order valence-corrected chi connectivity index (χ0v) is 12.8. The maximum Gasteiger partial charge on any atom is 0.00675 e. The molecule has 0 aromatic carbocycles. The second kappa shape index (κ2) is 6.41. The number of rotatable bonds is 4. The van der Waals surface area contributed by atoms with Gasteiger partial charge < -0.3 is 5.32 Å². The molecular weight excluding hydrogens is 218 g/mol. The second-order valence-corrected chi connectivity index (χ2v) is 7.61. The van der Waals surface area contributed by atoms with E-state index in [0.29, 0.717) is 5.41 Å². The molecule has 1 N–H and O–H groups in total. The van der Waals surface area contributed by atoms with Gasteiger partial charge in [0.05, 0.1) is 0 Å². The van der Waals surface area contributed by atoms with E-state index in [1.807, 2.05) is 0 Å². The summed E-state index contributed by atoms with van der Waals surface area (Å²) in [5, 5.41) is 3.89. The van der Waals surface area contributed by atoms with Gasteiger partial charge in [-0.2, -0.15) is 0 Å². The Morgan fingerprint density at radius 3 is 2.17 bits per heavy atom. The van der Waals surface area contributed by atoms with E-state index in [0.717, 1.165) is 17.9 Å². The molecule has 0 atom stereocenters. The summed E-state index contributed by atoms with van der Waals surface area (Å²) in [5.41, 5.74) is 0.604. The van der Waals surface area contributed by atoms with Crippen molar-refractivity contribution in [1.29, 1.82) is 0 Å². The van der Waals surface area contributed by atoms with Crippen molar-refractivity contribution in [2.75, 3.05) is 6.54 Å². The molecule has 0 aromatic rings. The van der Waals surface area contributed by atoms with Crippen LogP contribution < -0.4 is 5.32 Å². The minimum atomic E-state index is 0.604. The van der Waals surface area contributed by atoms with Gasteiger partial charge >= 0.3 is 0 Å². The third-order valence-electron chi connectivity index (χ3n) is 5.59. The highest BCUT2D eigenvalue weighted by Crippen LogP contribution is 2.36. The molecule has 0 unspecified atom stereocenters. The molecule has 2 aliphatic carbocycles. The molecule has 1 nitrogen and oxygen atoms in total. The lowest BCUT2D eigenvalue weighted by Crippen LogP contribution is -2.41. The Morgan fingerprint density at radius 1 is 1.00 bits per heavy atom. The first kappa shape index (κ1) is 14.4. The lowest BCUT2D eigenvalue weighted by atomic mass is 9.75. The first-order valence-electron chi connectivity index (χ1n) is 8.32. The van der Waals surface area contributed by atoms with Crippen molar-refractivity contribution < 1.29 is 0 Å². The Morgan fingerprint density at radius 2 is 1.61 bits per heavy atom. The van der Waals surface area contributed by atoms with E-state index >= 15 is 0 Å². The molecule has 0 radical (unpaired) electrons. The van der Waals surface area contributed by atoms with Crippen molar-refractivity contribution in [3.05, 3.63) is 0 Å². The Bertz CT molecular complexity index is 232. The van der Waals surface area contributed by atoms with E-state index in [-0.39, 0.29) is 0 Å². The minimum Gasteiger partial charge on any atom is -0.313 e. The smallest absolute Gasteiger partial charge is 0.00675 e. The van der Waals surface area contributed by atoms with Crippen LogP contribution in [0.2, 0.25) is 0 Å². The highest BCUT2D eigenvalue weighted by atomic mass is 14.9. The van der Waals surface area contributed by atoms with Crippen LogP contribution in [0.1, 0.15) is 78.6 Å². The van der Waals surface area contributed by atoms with Crippen molar-refractivity contribution >= 4 is 0 Å². The average molecular weight is 251 g/mol. The highest BCUT2D eigenvalue weighted by Gasteiger charge is 2.29. The van der Waals surface area contributed by atoms with Crippen molar-refractivity contribution in [1.82, 2.24) is 5.32 Å². The van der Waals surface area contributed by atoms with Gasteiger partial charge in [0.15, 0.2) is 0 Å². The largest absolute Gasteiger partial charge is 0.313 e. The molecule has 0 amide bonds. The average Bonchev–Trinajstić information content (AvgIpc) is 2.38. The van der Waals surface area contributed by atoms with Gasteiger partial charge in [0.2, 0.25) is 0 Å². The molecule has 106 valence electrons. The van der Waals surface area contributed by atoms with Crippen molar-refractivity contribution in [2.45, 2.75) is 84.6 Å². The Balaban J connectivity index is 1.68. The topological polar surface area (TPSA) is 12.0 Å². The number of hydrogen-bond donors (Lipinski definition) is 1. The van der Waals surface area contributed by atoms with E-state index in [4.69, 9.17) is 0 Å². The van der Waals surface area contributed by atoms with Crippen molar-refractivity contribution in [3.63, 3.8) is 0 Å². The van der Waals surface area contributed by atoms with Crippen molar-refractivity contribution in [3.8, 4) is 0 Å². The molecular formula is C17H33N. The summed E-state index contributed by atoms with van der Waals surface area (Å²) in [6.07, 6.45) is 13.0. The first-order chi connectivity index (χ1) is 8.59. The third kappa shape index (κ3) is 3.98.